The molecule has 2 amide bonds. The maximum atomic E-state index is 11.9. The molecule has 0 saturated carbocycles. The number of rotatable bonds is 6. The molecule has 0 spiro atoms. The Morgan fingerprint density at radius 1 is 1.48 bits per heavy atom. The molecule has 2 atom stereocenters. The number of aliphatic carboxylic acids is 1. The average molecular weight is 338 g/mol. The summed E-state index contributed by atoms with van der Waals surface area (Å²) in [5.41, 5.74) is 0.137. The van der Waals surface area contributed by atoms with Gasteiger partial charge in [-0.15, -0.1) is 11.8 Å². The zero-order valence-corrected chi connectivity index (χ0v) is 12.3. The minimum absolute atomic E-state index is 0. The van der Waals surface area contributed by atoms with E-state index in [1.54, 1.807) is 0 Å². The van der Waals surface area contributed by atoms with Crippen molar-refractivity contribution in [2.45, 2.75) is 32.7 Å². The number of nitrogens with zero attached hydrogens (tertiary/aromatic N) is 1. The summed E-state index contributed by atoms with van der Waals surface area (Å²) in [7, 11) is 0. The van der Waals surface area contributed by atoms with Crippen molar-refractivity contribution in [3.8, 4) is 0 Å². The number of thioether (sulfide) groups is 1. The molecule has 0 aromatic carbocycles. The number of amides is 2. The van der Waals surface area contributed by atoms with Crippen LogP contribution in [-0.4, -0.2) is 97.5 Å². The zero-order valence-electron chi connectivity index (χ0n) is 11.5. The van der Waals surface area contributed by atoms with Crippen molar-refractivity contribution < 1.29 is 19.5 Å². The van der Waals surface area contributed by atoms with Crippen LogP contribution in [0, 0.1) is 5.92 Å². The van der Waals surface area contributed by atoms with Gasteiger partial charge in [0.15, 0.2) is 0 Å². The van der Waals surface area contributed by atoms with Crippen LogP contribution in [0.15, 0.2) is 10.6 Å². The van der Waals surface area contributed by atoms with E-state index in [-0.39, 0.29) is 80.9 Å². The number of hydrogen-bond donors (Lipinski definition) is 2. The van der Waals surface area contributed by atoms with Gasteiger partial charge in [0, 0.05) is 30.5 Å². The molecule has 21 heavy (non-hydrogen) atoms. The van der Waals surface area contributed by atoms with Crippen LogP contribution in [0.3, 0.4) is 0 Å². The van der Waals surface area contributed by atoms with Crippen molar-refractivity contribution in [3.63, 3.8) is 0 Å². The van der Waals surface area contributed by atoms with Gasteiger partial charge in [-0.05, 0) is 6.42 Å². The second kappa shape index (κ2) is 8.12. The van der Waals surface area contributed by atoms with Gasteiger partial charge in [0.05, 0.1) is 12.0 Å². The first kappa shape index (κ1) is 19.2. The Balaban J connectivity index is 0.00000220. The summed E-state index contributed by atoms with van der Waals surface area (Å²) in [6.07, 6.45) is 1.37. The third-order valence-corrected chi connectivity index (χ3v) is 4.76. The van der Waals surface area contributed by atoms with Crippen molar-refractivity contribution in [1.29, 1.82) is 0 Å². The van der Waals surface area contributed by atoms with E-state index in [0.29, 0.717) is 18.7 Å². The molecule has 6 nitrogen and oxygen atoms in total. The molecule has 8 heteroatoms. The molecule has 1 saturated heterocycles. The van der Waals surface area contributed by atoms with Gasteiger partial charge in [0.25, 0.3) is 0 Å². The van der Waals surface area contributed by atoms with Crippen LogP contribution in [0.4, 0.5) is 0 Å². The topological polar surface area (TPSA) is 86.7 Å². The molecular weight excluding hydrogens is 319 g/mol. The predicted molar refractivity (Wildman–Crippen MR) is 82.0 cm³/mol. The fourth-order valence-electron chi connectivity index (χ4n) is 2.73. The molecule has 2 N–H and O–H groups in total. The summed E-state index contributed by atoms with van der Waals surface area (Å²) in [5.74, 6) is -0.658. The van der Waals surface area contributed by atoms with Crippen LogP contribution in [-0.2, 0) is 14.4 Å². The monoisotopic (exact) mass is 338 g/mol. The van der Waals surface area contributed by atoms with E-state index >= 15 is 0 Å². The molecule has 0 aliphatic carbocycles. The zero-order chi connectivity index (χ0) is 14.9. The molecule has 2 rings (SSSR count). The first-order valence-corrected chi connectivity index (χ1v) is 7.62. The molecule has 112 valence electrons. The van der Waals surface area contributed by atoms with Crippen LogP contribution in [0.25, 0.3) is 0 Å². The third-order valence-electron chi connectivity index (χ3n) is 3.64. The summed E-state index contributed by atoms with van der Waals surface area (Å²) in [6, 6.07) is 0.0156. The van der Waals surface area contributed by atoms with Gasteiger partial charge < -0.3 is 15.3 Å². The van der Waals surface area contributed by atoms with E-state index in [9.17, 15) is 19.5 Å². The summed E-state index contributed by atoms with van der Waals surface area (Å²) in [6.45, 7) is 3.88. The van der Waals surface area contributed by atoms with Gasteiger partial charge >= 0.3 is 57.4 Å². The number of carboxylic acid groups (broad SMARTS) is 1. The predicted octanol–water partition coefficient (Wildman–Crippen LogP) is 0.144. The fourth-order valence-corrected chi connectivity index (χ4v) is 3.79. The van der Waals surface area contributed by atoms with Crippen LogP contribution < -0.4 is 5.32 Å². The number of carboxylic acids is 1. The molecule has 2 aliphatic rings. The van der Waals surface area contributed by atoms with Crippen LogP contribution >= 0.6 is 11.8 Å². The summed E-state index contributed by atoms with van der Waals surface area (Å²) >= 11 is 1.41. The van der Waals surface area contributed by atoms with Gasteiger partial charge in [-0.25, -0.2) is 4.79 Å². The van der Waals surface area contributed by atoms with Gasteiger partial charge in [-0.3, -0.25) is 9.59 Å². The van der Waals surface area contributed by atoms with Gasteiger partial charge in [0.2, 0.25) is 11.8 Å². The Hall–Kier alpha value is 0.136. The van der Waals surface area contributed by atoms with E-state index in [4.69, 9.17) is 0 Å². The fraction of sp³-hybridized carbons (Fsp3) is 0.615. The second-order valence-corrected chi connectivity index (χ2v) is 6.09. The summed E-state index contributed by atoms with van der Waals surface area (Å²) in [5, 5.41) is 12.0. The molecule has 0 radical (unpaired) electrons. The van der Waals surface area contributed by atoms with E-state index in [1.165, 1.54) is 23.6 Å². The SMILES string of the molecule is CCC1C(=O)N2C(C(=O)O)=C(SCCNC(C)=O)CC12.[KH]. The maximum absolute atomic E-state index is 11.9. The minimum atomic E-state index is -1.04. The van der Waals surface area contributed by atoms with Gasteiger partial charge in [-0.2, -0.15) is 0 Å². The molecule has 2 heterocycles. The Morgan fingerprint density at radius 3 is 2.67 bits per heavy atom. The van der Waals surface area contributed by atoms with Crippen molar-refractivity contribution >= 4 is 80.9 Å². The van der Waals surface area contributed by atoms with E-state index < -0.39 is 5.97 Å². The molecule has 0 bridgehead atoms. The van der Waals surface area contributed by atoms with E-state index in [0.717, 1.165) is 11.3 Å². The number of hydrogen-bond acceptors (Lipinski definition) is 4. The molecule has 2 aliphatic heterocycles. The Morgan fingerprint density at radius 2 is 2.14 bits per heavy atom. The van der Waals surface area contributed by atoms with Crippen molar-refractivity contribution in [2.75, 3.05) is 12.3 Å². The van der Waals surface area contributed by atoms with E-state index in [2.05, 4.69) is 5.32 Å². The van der Waals surface area contributed by atoms with E-state index in [1.807, 2.05) is 6.92 Å². The average Bonchev–Trinajstić information content (AvgIpc) is 2.70. The number of carbonyl (C=O) groups excluding carboxylic acids is 2. The summed E-state index contributed by atoms with van der Waals surface area (Å²) < 4.78 is 0. The normalized spacial score (nSPS) is 23.3. The second-order valence-electron chi connectivity index (χ2n) is 4.90. The van der Waals surface area contributed by atoms with Gasteiger partial charge in [0.1, 0.15) is 5.70 Å². The first-order chi connectivity index (χ1) is 9.47. The standard InChI is InChI=1S/C13H18N2O4S.K.H/c1-3-8-9-6-10(20-5-4-14-7(2)16)11(13(18)19)15(9)12(8)17;;/h8-9H,3-6H2,1-2H3,(H,14,16)(H,18,19);;. The van der Waals surface area contributed by atoms with Crippen molar-refractivity contribution in [1.82, 2.24) is 10.2 Å². The quantitative estimate of drug-likeness (QED) is 0.409. The summed E-state index contributed by atoms with van der Waals surface area (Å²) in [4.78, 5) is 36.2. The van der Waals surface area contributed by atoms with Crippen molar-refractivity contribution in [3.05, 3.63) is 10.6 Å². The van der Waals surface area contributed by atoms with Crippen LogP contribution in [0.1, 0.15) is 26.7 Å². The Labute approximate surface area is 170 Å². The van der Waals surface area contributed by atoms with Crippen molar-refractivity contribution in [2.24, 2.45) is 5.92 Å². The molecule has 0 aromatic heterocycles. The third kappa shape index (κ3) is 3.91. The number of fused-ring (bicyclic) bond motifs is 1. The molecule has 0 aromatic rings. The number of nitrogens with one attached hydrogen (secondary N) is 1. The van der Waals surface area contributed by atoms with Crippen LogP contribution in [0.2, 0.25) is 0 Å². The molecule has 2 unspecified atom stereocenters. The molecule has 1 fully saturated rings. The van der Waals surface area contributed by atoms with Gasteiger partial charge in [-0.1, -0.05) is 6.92 Å². The number of carbonyl (C=O) groups is 3. The molecular formula is C13H19KN2O4S. The Kier molecular flexibility index (Phi) is 7.42. The first-order valence-electron chi connectivity index (χ1n) is 6.64. The Bertz CT molecular complexity index is 495. The number of β-lactam (4-membered cyclic amide) rings is 1. The van der Waals surface area contributed by atoms with Crippen LogP contribution in [0.5, 0.6) is 0 Å².